The summed E-state index contributed by atoms with van der Waals surface area (Å²) in [4.78, 5) is 14.2. The van der Waals surface area contributed by atoms with Crippen molar-refractivity contribution >= 4 is 31.2 Å². The van der Waals surface area contributed by atoms with Gasteiger partial charge in [0.2, 0.25) is 15.1 Å². The molecule has 0 fully saturated rings. The minimum Gasteiger partial charge on any atom is -0.403 e. The Morgan fingerprint density at radius 1 is 0.821 bits per heavy atom. The molecule has 0 aliphatic heterocycles. The highest BCUT2D eigenvalue weighted by molar-refractivity contribution is 6.80. The van der Waals surface area contributed by atoms with Crippen molar-refractivity contribution in [1.29, 1.82) is 0 Å². The van der Waals surface area contributed by atoms with E-state index < -0.39 is 9.04 Å². The van der Waals surface area contributed by atoms with Crippen LogP contribution in [0.5, 0.6) is 0 Å². The minimum atomic E-state index is -1.89. The van der Waals surface area contributed by atoms with Gasteiger partial charge in [-0.25, -0.2) is 4.79 Å². The molecule has 28 heavy (non-hydrogen) atoms. The molecule has 0 bridgehead atoms. The lowest BCUT2D eigenvalue weighted by Crippen LogP contribution is -2.47. The van der Waals surface area contributed by atoms with Gasteiger partial charge in [0.15, 0.2) is 0 Å². The Morgan fingerprint density at radius 2 is 1.32 bits per heavy atom. The van der Waals surface area contributed by atoms with Gasteiger partial charge in [0.25, 0.3) is 0 Å². The largest absolute Gasteiger partial charge is 0.403 e. The molecule has 0 saturated carbocycles. The average Bonchev–Trinajstić information content (AvgIpc) is 2.70. The summed E-state index contributed by atoms with van der Waals surface area (Å²) in [7, 11) is -1.89. The number of aliphatic imine (C=N–C) groups is 1. The summed E-state index contributed by atoms with van der Waals surface area (Å²) in [6.45, 7) is 6.57. The first-order chi connectivity index (χ1) is 13.5. The zero-order chi connectivity index (χ0) is 20.0. The molecule has 0 aromatic heterocycles. The van der Waals surface area contributed by atoms with Gasteiger partial charge in [0.05, 0.1) is 11.8 Å². The maximum atomic E-state index is 10.5. The third kappa shape index (κ3) is 4.93. The number of nitrogens with zero attached hydrogens (tertiary/aromatic N) is 1. The first kappa shape index (κ1) is 20.0. The van der Waals surface area contributed by atoms with Gasteiger partial charge in [-0.05, 0) is 33.5 Å². The fourth-order valence-corrected chi connectivity index (χ4v) is 5.98. The topological polar surface area (TPSA) is 38.7 Å². The molecule has 0 saturated heterocycles. The maximum Gasteiger partial charge on any atom is 0.240 e. The predicted molar refractivity (Wildman–Crippen MR) is 117 cm³/mol. The van der Waals surface area contributed by atoms with Crippen LogP contribution >= 0.6 is 0 Å². The summed E-state index contributed by atoms with van der Waals surface area (Å²) < 4.78 is 6.90. The van der Waals surface area contributed by atoms with Crippen molar-refractivity contribution in [1.82, 2.24) is 0 Å². The number of hydrogen-bond acceptors (Lipinski definition) is 3. The van der Waals surface area contributed by atoms with E-state index in [1.165, 1.54) is 10.4 Å². The third-order valence-corrected chi connectivity index (χ3v) is 7.16. The zero-order valence-corrected chi connectivity index (χ0v) is 17.7. The van der Waals surface area contributed by atoms with E-state index >= 15 is 0 Å². The van der Waals surface area contributed by atoms with Gasteiger partial charge in [-0.1, -0.05) is 93.6 Å². The molecular weight excluding hydrogens is 362 g/mol. The van der Waals surface area contributed by atoms with Gasteiger partial charge >= 0.3 is 0 Å². The van der Waals surface area contributed by atoms with Crippen molar-refractivity contribution in [3.63, 3.8) is 0 Å². The molecule has 0 aliphatic rings. The van der Waals surface area contributed by atoms with E-state index in [1.807, 2.05) is 36.4 Å². The number of benzene rings is 3. The van der Waals surface area contributed by atoms with Crippen LogP contribution in [0.25, 0.3) is 0 Å². The third-order valence-electron chi connectivity index (χ3n) is 4.63. The van der Waals surface area contributed by atoms with Crippen molar-refractivity contribution in [2.75, 3.05) is 0 Å². The lowest BCUT2D eigenvalue weighted by molar-refractivity contribution is 0.0897. The molecule has 3 rings (SSSR count). The molecule has 1 atom stereocenters. The monoisotopic (exact) mass is 387 g/mol. The molecule has 0 amide bonds. The van der Waals surface area contributed by atoms with Crippen molar-refractivity contribution in [3.8, 4) is 0 Å². The van der Waals surface area contributed by atoms with Crippen LogP contribution in [0.2, 0.25) is 0 Å². The second kappa shape index (κ2) is 8.94. The maximum absolute atomic E-state index is 10.5. The smallest absolute Gasteiger partial charge is 0.240 e. The van der Waals surface area contributed by atoms with Gasteiger partial charge in [-0.15, -0.1) is 0 Å². The summed E-state index contributed by atoms with van der Waals surface area (Å²) >= 11 is 0. The van der Waals surface area contributed by atoms with Crippen LogP contribution in [0.1, 0.15) is 32.4 Å². The quantitative estimate of drug-likeness (QED) is 0.359. The van der Waals surface area contributed by atoms with E-state index in [4.69, 9.17) is 4.43 Å². The molecule has 0 aliphatic carbocycles. The number of carbonyl (C=O) groups excluding carboxylic acids is 1. The van der Waals surface area contributed by atoms with Gasteiger partial charge < -0.3 is 4.43 Å². The van der Waals surface area contributed by atoms with Crippen LogP contribution in [-0.2, 0) is 9.22 Å². The summed E-state index contributed by atoms with van der Waals surface area (Å²) in [5.41, 5.74) is 1.59. The summed E-state index contributed by atoms with van der Waals surface area (Å²) in [6.07, 6.45) is 1.50. The standard InChI is InChI=1S/C24H25NO2Si/c1-24(2,3)23(19-14-16-20(17-15-19)25-18-26)27-28(21-10-6-4-7-11-21)22-12-8-5-9-13-22/h4-17,23,28H,1-3H3. The van der Waals surface area contributed by atoms with Crippen LogP contribution in [0, 0.1) is 5.41 Å². The average molecular weight is 388 g/mol. The molecular formula is C24H25NO2Si. The van der Waals surface area contributed by atoms with E-state index in [0.29, 0.717) is 5.69 Å². The highest BCUT2D eigenvalue weighted by Crippen LogP contribution is 2.37. The van der Waals surface area contributed by atoms with Crippen LogP contribution in [0.3, 0.4) is 0 Å². The summed E-state index contributed by atoms with van der Waals surface area (Å²) in [6, 6.07) is 28.6. The molecule has 4 heteroatoms. The predicted octanol–water partition coefficient (Wildman–Crippen LogP) is 4.30. The first-order valence-corrected chi connectivity index (χ1v) is 11.0. The van der Waals surface area contributed by atoms with E-state index in [2.05, 4.69) is 74.3 Å². The Bertz CT molecular complexity index is 888. The van der Waals surface area contributed by atoms with Crippen molar-refractivity contribution in [2.45, 2.75) is 26.9 Å². The molecule has 0 heterocycles. The lowest BCUT2D eigenvalue weighted by Gasteiger charge is -2.35. The van der Waals surface area contributed by atoms with Crippen LogP contribution in [0.15, 0.2) is 89.9 Å². The Labute approximate surface area is 168 Å². The zero-order valence-electron chi connectivity index (χ0n) is 16.5. The molecule has 0 N–H and O–H groups in total. The van der Waals surface area contributed by atoms with E-state index in [1.54, 1.807) is 6.08 Å². The van der Waals surface area contributed by atoms with Crippen molar-refractivity contribution in [2.24, 2.45) is 10.4 Å². The molecule has 142 valence electrons. The Morgan fingerprint density at radius 3 is 1.75 bits per heavy atom. The fraction of sp³-hybridized carbons (Fsp3) is 0.208. The summed E-state index contributed by atoms with van der Waals surface area (Å²) in [5.74, 6) is 0. The van der Waals surface area contributed by atoms with Gasteiger partial charge in [0.1, 0.15) is 0 Å². The SMILES string of the molecule is CC(C)(C)C(O[SiH](c1ccccc1)c1ccccc1)c1ccc(N=C=O)cc1. The molecule has 1 unspecified atom stereocenters. The van der Waals surface area contributed by atoms with Crippen molar-refractivity contribution < 1.29 is 9.22 Å². The van der Waals surface area contributed by atoms with E-state index in [0.717, 1.165) is 5.56 Å². The Hall–Kier alpha value is -2.78. The highest BCUT2D eigenvalue weighted by atomic mass is 28.3. The van der Waals surface area contributed by atoms with Gasteiger partial charge in [-0.3, -0.25) is 0 Å². The first-order valence-electron chi connectivity index (χ1n) is 9.42. The molecule has 0 spiro atoms. The second-order valence-corrected chi connectivity index (χ2v) is 10.2. The minimum absolute atomic E-state index is 0.0844. The van der Waals surface area contributed by atoms with Crippen LogP contribution in [0.4, 0.5) is 5.69 Å². The molecule has 3 nitrogen and oxygen atoms in total. The van der Waals surface area contributed by atoms with Crippen LogP contribution < -0.4 is 10.4 Å². The van der Waals surface area contributed by atoms with Crippen LogP contribution in [-0.4, -0.2) is 15.1 Å². The highest BCUT2D eigenvalue weighted by Gasteiger charge is 2.31. The van der Waals surface area contributed by atoms with E-state index in [9.17, 15) is 4.79 Å². The normalized spacial score (nSPS) is 12.4. The molecule has 3 aromatic carbocycles. The number of hydrogen-bond donors (Lipinski definition) is 0. The van der Waals surface area contributed by atoms with E-state index in [-0.39, 0.29) is 11.5 Å². The number of isocyanates is 1. The van der Waals surface area contributed by atoms with Gasteiger partial charge in [-0.2, -0.15) is 4.99 Å². The lowest BCUT2D eigenvalue weighted by atomic mass is 9.85. The second-order valence-electron chi connectivity index (χ2n) is 7.88. The number of rotatable bonds is 6. The van der Waals surface area contributed by atoms with Gasteiger partial charge in [0, 0.05) is 0 Å². The fourth-order valence-electron chi connectivity index (χ4n) is 3.30. The Kier molecular flexibility index (Phi) is 6.37. The van der Waals surface area contributed by atoms with Crippen molar-refractivity contribution in [3.05, 3.63) is 90.5 Å². The molecule has 3 aromatic rings. The Balaban J connectivity index is 2.00. The molecule has 0 radical (unpaired) electrons. The summed E-state index contributed by atoms with van der Waals surface area (Å²) in [5, 5.41) is 2.51.